The van der Waals surface area contributed by atoms with Crippen LogP contribution < -0.4 is 4.18 Å². The van der Waals surface area contributed by atoms with Gasteiger partial charge in [0.1, 0.15) is 11.4 Å². The number of hydrogen-bond donors (Lipinski definition) is 0. The molecule has 0 aliphatic rings. The number of halogens is 3. The Bertz CT molecular complexity index is 1280. The Balaban J connectivity index is 1.57. The Hall–Kier alpha value is -3.59. The second-order valence-electron chi connectivity index (χ2n) is 7.15. The van der Waals surface area contributed by atoms with E-state index in [4.69, 9.17) is 4.42 Å². The number of oxazole rings is 1. The van der Waals surface area contributed by atoms with Crippen molar-refractivity contribution in [3.8, 4) is 28.3 Å². The molecule has 0 unspecified atom stereocenters. The lowest BCUT2D eigenvalue weighted by atomic mass is 10.1. The molecule has 0 saturated carbocycles. The van der Waals surface area contributed by atoms with Crippen LogP contribution in [0.25, 0.3) is 22.6 Å². The van der Waals surface area contributed by atoms with Crippen LogP contribution in [-0.4, -0.2) is 18.9 Å². The number of aromatic nitrogens is 1. The molecule has 33 heavy (non-hydrogen) atoms. The van der Waals surface area contributed by atoms with Gasteiger partial charge in [-0.3, -0.25) is 0 Å². The molecule has 4 rings (SSSR count). The van der Waals surface area contributed by atoms with Gasteiger partial charge in [0.05, 0.1) is 0 Å². The van der Waals surface area contributed by atoms with Crippen molar-refractivity contribution in [2.24, 2.45) is 0 Å². The van der Waals surface area contributed by atoms with Crippen LogP contribution in [0.3, 0.4) is 0 Å². The summed E-state index contributed by atoms with van der Waals surface area (Å²) in [6.07, 6.45) is 0.703. The predicted molar refractivity (Wildman–Crippen MR) is 117 cm³/mol. The summed E-state index contributed by atoms with van der Waals surface area (Å²) in [5.41, 5.74) is -2.49. The van der Waals surface area contributed by atoms with Gasteiger partial charge in [-0.15, -0.1) is 0 Å². The van der Waals surface area contributed by atoms with Crippen LogP contribution in [0.4, 0.5) is 13.2 Å². The Morgan fingerprint density at radius 3 is 2.09 bits per heavy atom. The molecule has 0 aliphatic heterocycles. The number of hydrogen-bond acceptors (Lipinski definition) is 5. The van der Waals surface area contributed by atoms with Crippen LogP contribution in [0, 0.1) is 0 Å². The largest absolute Gasteiger partial charge is 0.534 e. The van der Waals surface area contributed by atoms with Crippen molar-refractivity contribution in [3.05, 3.63) is 96.4 Å². The monoisotopic (exact) mass is 473 g/mol. The van der Waals surface area contributed by atoms with Crippen molar-refractivity contribution in [1.29, 1.82) is 0 Å². The van der Waals surface area contributed by atoms with Gasteiger partial charge in [0.15, 0.2) is 11.7 Å². The maximum absolute atomic E-state index is 12.6. The number of nitrogens with zero attached hydrogens (tertiary/aromatic N) is 1. The molecule has 0 fully saturated rings. The highest BCUT2D eigenvalue weighted by Gasteiger charge is 2.48. The fourth-order valence-corrected chi connectivity index (χ4v) is 3.68. The topological polar surface area (TPSA) is 69.4 Å². The molecule has 0 spiro atoms. The first-order chi connectivity index (χ1) is 15.7. The third-order valence-electron chi connectivity index (χ3n) is 4.77. The number of rotatable bonds is 7. The second kappa shape index (κ2) is 9.11. The highest BCUT2D eigenvalue weighted by molar-refractivity contribution is 7.88. The maximum atomic E-state index is 12.6. The molecule has 5 nitrogen and oxygen atoms in total. The molecule has 4 aromatic rings. The summed E-state index contributed by atoms with van der Waals surface area (Å²) in [4.78, 5) is 4.64. The average molecular weight is 473 g/mol. The molecule has 0 saturated heterocycles. The van der Waals surface area contributed by atoms with Crippen LogP contribution >= 0.6 is 0 Å². The molecule has 3 aromatic carbocycles. The molecule has 0 bridgehead atoms. The van der Waals surface area contributed by atoms with E-state index in [1.54, 1.807) is 6.07 Å². The molecule has 0 radical (unpaired) electrons. The number of alkyl halides is 3. The van der Waals surface area contributed by atoms with Crippen LogP contribution in [0.1, 0.15) is 11.5 Å². The Morgan fingerprint density at radius 2 is 1.45 bits per heavy atom. The first-order valence-electron chi connectivity index (χ1n) is 9.93. The van der Waals surface area contributed by atoms with Gasteiger partial charge in [-0.1, -0.05) is 72.8 Å². The van der Waals surface area contributed by atoms with Crippen molar-refractivity contribution < 1.29 is 30.2 Å². The van der Waals surface area contributed by atoms with Crippen molar-refractivity contribution in [1.82, 2.24) is 4.98 Å². The van der Waals surface area contributed by atoms with Gasteiger partial charge in [0.25, 0.3) is 0 Å². The van der Waals surface area contributed by atoms with E-state index >= 15 is 0 Å². The van der Waals surface area contributed by atoms with E-state index in [1.165, 1.54) is 12.1 Å². The zero-order valence-electron chi connectivity index (χ0n) is 17.1. The predicted octanol–water partition coefficient (Wildman–Crippen LogP) is 6.02. The molecular weight excluding hydrogens is 455 g/mol. The van der Waals surface area contributed by atoms with Crippen LogP contribution in [0.15, 0.2) is 89.3 Å². The minimum absolute atomic E-state index is 0.349. The Kier molecular flexibility index (Phi) is 6.24. The van der Waals surface area contributed by atoms with Gasteiger partial charge < -0.3 is 8.60 Å². The highest BCUT2D eigenvalue weighted by Crippen LogP contribution is 2.33. The zero-order chi connectivity index (χ0) is 23.5. The van der Waals surface area contributed by atoms with Crippen LogP contribution in [0.2, 0.25) is 0 Å². The first-order valence-corrected chi connectivity index (χ1v) is 11.3. The van der Waals surface area contributed by atoms with E-state index in [1.807, 2.05) is 60.7 Å². The number of benzene rings is 3. The van der Waals surface area contributed by atoms with E-state index in [-0.39, 0.29) is 0 Å². The Morgan fingerprint density at radius 1 is 0.818 bits per heavy atom. The summed E-state index contributed by atoms with van der Waals surface area (Å²) >= 11 is 0. The fourth-order valence-electron chi connectivity index (χ4n) is 3.23. The smallest absolute Gasteiger partial charge is 0.440 e. The SMILES string of the molecule is O=S(=O)(Oc1cccc(CCc2nc(-c3ccccc3)c(-c3ccccc3)o2)c1)C(F)(F)F. The lowest BCUT2D eigenvalue weighted by molar-refractivity contribution is -0.0500. The molecule has 170 valence electrons. The van der Waals surface area contributed by atoms with Gasteiger partial charge >= 0.3 is 15.6 Å². The van der Waals surface area contributed by atoms with Gasteiger partial charge in [-0.25, -0.2) is 4.98 Å². The molecule has 0 aliphatic carbocycles. The quantitative estimate of drug-likeness (QED) is 0.242. The number of aryl methyl sites for hydroxylation is 2. The van der Waals surface area contributed by atoms with Crippen molar-refractivity contribution >= 4 is 10.1 Å². The third-order valence-corrected chi connectivity index (χ3v) is 5.75. The standard InChI is InChI=1S/C24H18F3NO4S/c25-24(26,27)33(29,30)32-20-13-7-8-17(16-20)14-15-21-28-22(18-9-3-1-4-10-18)23(31-21)19-11-5-2-6-12-19/h1-13,16H,14-15H2. The summed E-state index contributed by atoms with van der Waals surface area (Å²) in [7, 11) is -5.73. The zero-order valence-corrected chi connectivity index (χ0v) is 17.9. The van der Waals surface area contributed by atoms with Gasteiger partial charge in [-0.05, 0) is 24.1 Å². The second-order valence-corrected chi connectivity index (χ2v) is 8.69. The van der Waals surface area contributed by atoms with Crippen molar-refractivity contribution in [3.63, 3.8) is 0 Å². The van der Waals surface area contributed by atoms with Crippen molar-refractivity contribution in [2.45, 2.75) is 18.3 Å². The summed E-state index contributed by atoms with van der Waals surface area (Å²) in [6.45, 7) is 0. The summed E-state index contributed by atoms with van der Waals surface area (Å²) in [5.74, 6) is 0.652. The third kappa shape index (κ3) is 5.25. The van der Waals surface area contributed by atoms with Crippen molar-refractivity contribution in [2.75, 3.05) is 0 Å². The molecular formula is C24H18F3NO4S. The molecule has 9 heteroatoms. The first kappa shape index (κ1) is 22.6. The van der Waals surface area contributed by atoms with Gasteiger partial charge in [0, 0.05) is 17.5 Å². The van der Waals surface area contributed by atoms with Crippen LogP contribution in [0.5, 0.6) is 5.75 Å². The average Bonchev–Trinajstić information content (AvgIpc) is 3.23. The molecule has 1 aromatic heterocycles. The molecule has 1 heterocycles. The lowest BCUT2D eigenvalue weighted by Crippen LogP contribution is -2.28. The van der Waals surface area contributed by atoms with Gasteiger partial charge in [0.2, 0.25) is 0 Å². The minimum Gasteiger partial charge on any atom is -0.440 e. The normalized spacial score (nSPS) is 12.0. The van der Waals surface area contributed by atoms with E-state index < -0.39 is 21.4 Å². The van der Waals surface area contributed by atoms with E-state index in [0.717, 1.165) is 17.2 Å². The summed E-state index contributed by atoms with van der Waals surface area (Å²) < 4.78 is 70.5. The van der Waals surface area contributed by atoms with E-state index in [9.17, 15) is 21.6 Å². The van der Waals surface area contributed by atoms with E-state index in [0.29, 0.717) is 35.7 Å². The Labute approximate surface area is 188 Å². The highest BCUT2D eigenvalue weighted by atomic mass is 32.2. The maximum Gasteiger partial charge on any atom is 0.534 e. The van der Waals surface area contributed by atoms with Gasteiger partial charge in [-0.2, -0.15) is 21.6 Å². The van der Waals surface area contributed by atoms with Crippen LogP contribution in [-0.2, 0) is 23.0 Å². The minimum atomic E-state index is -5.73. The molecule has 0 N–H and O–H groups in total. The van der Waals surface area contributed by atoms with E-state index in [2.05, 4.69) is 9.17 Å². The molecule has 0 atom stereocenters. The fraction of sp³-hybridized carbons (Fsp3) is 0.125. The summed E-state index contributed by atoms with van der Waals surface area (Å²) in [5, 5.41) is 0. The lowest BCUT2D eigenvalue weighted by Gasteiger charge is -2.10. The molecule has 0 amide bonds. The summed E-state index contributed by atoms with van der Waals surface area (Å²) in [6, 6.07) is 24.6.